The van der Waals surface area contributed by atoms with Gasteiger partial charge in [-0.25, -0.2) is 0 Å². The molecular formula is C12H19N3O2. The van der Waals surface area contributed by atoms with Crippen LogP contribution in [0.1, 0.15) is 5.56 Å². The molecule has 1 aromatic carbocycles. The van der Waals surface area contributed by atoms with Crippen molar-refractivity contribution in [3.63, 3.8) is 0 Å². The van der Waals surface area contributed by atoms with Crippen molar-refractivity contribution >= 4 is 5.96 Å². The van der Waals surface area contributed by atoms with Crippen LogP contribution in [0.4, 0.5) is 0 Å². The van der Waals surface area contributed by atoms with Crippen LogP contribution in [0, 0.1) is 0 Å². The molecule has 94 valence electrons. The normalized spacial score (nSPS) is 11.3. The molecule has 0 spiro atoms. The van der Waals surface area contributed by atoms with E-state index in [0.29, 0.717) is 25.7 Å². The number of methoxy groups -OCH3 is 1. The number of rotatable bonds is 6. The minimum Gasteiger partial charge on any atom is -0.497 e. The fourth-order valence-corrected chi connectivity index (χ4v) is 1.24. The van der Waals surface area contributed by atoms with E-state index in [1.54, 1.807) is 14.2 Å². The van der Waals surface area contributed by atoms with E-state index in [2.05, 4.69) is 10.3 Å². The maximum Gasteiger partial charge on any atom is 0.188 e. The van der Waals surface area contributed by atoms with Gasteiger partial charge in [0.2, 0.25) is 0 Å². The average molecular weight is 237 g/mol. The number of aliphatic imine (C=N–C) groups is 1. The molecule has 0 aliphatic rings. The van der Waals surface area contributed by atoms with Crippen molar-refractivity contribution in [2.45, 2.75) is 6.61 Å². The zero-order valence-corrected chi connectivity index (χ0v) is 10.3. The van der Waals surface area contributed by atoms with Crippen LogP contribution in [-0.4, -0.2) is 33.3 Å². The van der Waals surface area contributed by atoms with Crippen LogP contribution in [0.2, 0.25) is 0 Å². The fourth-order valence-electron chi connectivity index (χ4n) is 1.24. The largest absolute Gasteiger partial charge is 0.497 e. The number of guanidine groups is 1. The number of ether oxygens (including phenoxy) is 2. The third kappa shape index (κ3) is 5.21. The van der Waals surface area contributed by atoms with Gasteiger partial charge in [-0.3, -0.25) is 4.99 Å². The van der Waals surface area contributed by atoms with E-state index in [-0.39, 0.29) is 0 Å². The molecule has 0 atom stereocenters. The van der Waals surface area contributed by atoms with E-state index in [1.165, 1.54) is 0 Å². The molecule has 0 fully saturated rings. The van der Waals surface area contributed by atoms with Crippen molar-refractivity contribution in [3.8, 4) is 5.75 Å². The number of nitrogens with two attached hydrogens (primary N) is 1. The van der Waals surface area contributed by atoms with Crippen molar-refractivity contribution in [2.75, 3.05) is 27.3 Å². The summed E-state index contributed by atoms with van der Waals surface area (Å²) in [5.41, 5.74) is 6.58. The number of hydrogen-bond acceptors (Lipinski definition) is 3. The van der Waals surface area contributed by atoms with Gasteiger partial charge in [-0.05, 0) is 17.7 Å². The molecule has 5 nitrogen and oxygen atoms in total. The van der Waals surface area contributed by atoms with E-state index in [1.807, 2.05) is 24.3 Å². The molecule has 0 aliphatic heterocycles. The van der Waals surface area contributed by atoms with Crippen molar-refractivity contribution in [1.29, 1.82) is 0 Å². The second-order valence-corrected chi connectivity index (χ2v) is 3.44. The first kappa shape index (κ1) is 13.3. The van der Waals surface area contributed by atoms with Crippen molar-refractivity contribution in [3.05, 3.63) is 29.8 Å². The fraction of sp³-hybridized carbons (Fsp3) is 0.417. The zero-order chi connectivity index (χ0) is 12.5. The number of nitrogens with zero attached hydrogens (tertiary/aromatic N) is 1. The lowest BCUT2D eigenvalue weighted by Crippen LogP contribution is -2.33. The molecule has 0 bridgehead atoms. The summed E-state index contributed by atoms with van der Waals surface area (Å²) in [6.45, 7) is 1.82. The van der Waals surface area contributed by atoms with Crippen LogP contribution < -0.4 is 15.8 Å². The lowest BCUT2D eigenvalue weighted by molar-refractivity contribution is 0.125. The van der Waals surface area contributed by atoms with Crippen molar-refractivity contribution in [2.24, 2.45) is 10.7 Å². The monoisotopic (exact) mass is 237 g/mol. The Morgan fingerprint density at radius 1 is 1.35 bits per heavy atom. The second-order valence-electron chi connectivity index (χ2n) is 3.44. The van der Waals surface area contributed by atoms with Gasteiger partial charge in [-0.15, -0.1) is 0 Å². The Balaban J connectivity index is 2.17. The molecule has 3 N–H and O–H groups in total. The summed E-state index contributed by atoms with van der Waals surface area (Å²) in [5, 5.41) is 2.92. The van der Waals surface area contributed by atoms with E-state index >= 15 is 0 Å². The van der Waals surface area contributed by atoms with E-state index in [9.17, 15) is 0 Å². The summed E-state index contributed by atoms with van der Waals surface area (Å²) >= 11 is 0. The Bertz CT molecular complexity index is 349. The van der Waals surface area contributed by atoms with Crippen LogP contribution in [-0.2, 0) is 11.3 Å². The predicted octanol–water partition coefficient (Wildman–Crippen LogP) is 0.746. The first-order valence-corrected chi connectivity index (χ1v) is 5.43. The predicted molar refractivity (Wildman–Crippen MR) is 68.2 cm³/mol. The third-order valence-electron chi connectivity index (χ3n) is 2.22. The molecule has 1 rings (SSSR count). The average Bonchev–Trinajstić information content (AvgIpc) is 2.38. The molecule has 0 saturated heterocycles. The van der Waals surface area contributed by atoms with Crippen LogP contribution in [0.25, 0.3) is 0 Å². The molecule has 0 heterocycles. The highest BCUT2D eigenvalue weighted by atomic mass is 16.5. The Hall–Kier alpha value is -1.75. The smallest absolute Gasteiger partial charge is 0.188 e. The summed E-state index contributed by atoms with van der Waals surface area (Å²) < 4.78 is 10.5. The summed E-state index contributed by atoms with van der Waals surface area (Å²) in [7, 11) is 3.29. The van der Waals surface area contributed by atoms with Crippen molar-refractivity contribution in [1.82, 2.24) is 5.32 Å². The molecule has 0 aliphatic carbocycles. The Kier molecular flexibility index (Phi) is 5.88. The molecule has 0 unspecified atom stereocenters. The summed E-state index contributed by atoms with van der Waals surface area (Å²) in [5.74, 6) is 1.28. The van der Waals surface area contributed by atoms with Crippen LogP contribution in [0.5, 0.6) is 5.75 Å². The van der Waals surface area contributed by atoms with Gasteiger partial charge in [0.25, 0.3) is 0 Å². The zero-order valence-electron chi connectivity index (χ0n) is 10.3. The minimum absolute atomic E-state index is 0.429. The van der Waals surface area contributed by atoms with Crippen LogP contribution in [0.15, 0.2) is 29.3 Å². The minimum atomic E-state index is 0.429. The van der Waals surface area contributed by atoms with Gasteiger partial charge in [-0.2, -0.15) is 0 Å². The van der Waals surface area contributed by atoms with Gasteiger partial charge in [0.15, 0.2) is 5.96 Å². The molecule has 0 aromatic heterocycles. The number of benzene rings is 1. The molecule has 17 heavy (non-hydrogen) atoms. The standard InChI is InChI=1S/C12H19N3O2/c1-14-12(13)15-7-8-17-9-10-3-5-11(16-2)6-4-10/h3-6H,7-9H2,1-2H3,(H3,13,14,15). The maximum absolute atomic E-state index is 5.47. The van der Waals surface area contributed by atoms with E-state index < -0.39 is 0 Å². The van der Waals surface area contributed by atoms with Gasteiger partial charge in [-0.1, -0.05) is 12.1 Å². The van der Waals surface area contributed by atoms with Crippen LogP contribution in [0.3, 0.4) is 0 Å². The summed E-state index contributed by atoms with van der Waals surface area (Å²) in [6, 6.07) is 7.79. The molecule has 5 heteroatoms. The lowest BCUT2D eigenvalue weighted by Gasteiger charge is -2.07. The van der Waals surface area contributed by atoms with Gasteiger partial charge in [0.05, 0.1) is 20.3 Å². The second kappa shape index (κ2) is 7.51. The highest BCUT2D eigenvalue weighted by Crippen LogP contribution is 2.11. The third-order valence-corrected chi connectivity index (χ3v) is 2.22. The van der Waals surface area contributed by atoms with Gasteiger partial charge < -0.3 is 20.5 Å². The van der Waals surface area contributed by atoms with Crippen LogP contribution >= 0.6 is 0 Å². The van der Waals surface area contributed by atoms with E-state index in [0.717, 1.165) is 11.3 Å². The lowest BCUT2D eigenvalue weighted by atomic mass is 10.2. The first-order valence-electron chi connectivity index (χ1n) is 5.43. The maximum atomic E-state index is 5.47. The summed E-state index contributed by atoms with van der Waals surface area (Å²) in [6.07, 6.45) is 0. The summed E-state index contributed by atoms with van der Waals surface area (Å²) in [4.78, 5) is 3.78. The van der Waals surface area contributed by atoms with Gasteiger partial charge in [0.1, 0.15) is 5.75 Å². The number of nitrogens with one attached hydrogen (secondary N) is 1. The van der Waals surface area contributed by atoms with E-state index in [4.69, 9.17) is 15.2 Å². The first-order chi connectivity index (χ1) is 8.26. The molecule has 0 saturated carbocycles. The Labute approximate surface area is 102 Å². The topological polar surface area (TPSA) is 68.9 Å². The highest BCUT2D eigenvalue weighted by Gasteiger charge is 1.95. The molecule has 1 aromatic rings. The molecule has 0 amide bonds. The quantitative estimate of drug-likeness (QED) is 0.435. The van der Waals surface area contributed by atoms with Gasteiger partial charge >= 0.3 is 0 Å². The SMILES string of the molecule is CN=C(N)NCCOCc1ccc(OC)cc1. The molecular weight excluding hydrogens is 218 g/mol. The van der Waals surface area contributed by atoms with Gasteiger partial charge in [0, 0.05) is 13.6 Å². The molecule has 0 radical (unpaired) electrons. The Morgan fingerprint density at radius 2 is 2.06 bits per heavy atom. The Morgan fingerprint density at radius 3 is 2.65 bits per heavy atom. The number of hydrogen-bond donors (Lipinski definition) is 2. The highest BCUT2D eigenvalue weighted by molar-refractivity contribution is 5.77. The van der Waals surface area contributed by atoms with Crippen molar-refractivity contribution < 1.29 is 9.47 Å².